The summed E-state index contributed by atoms with van der Waals surface area (Å²) in [6, 6.07) is 7.98. The predicted octanol–water partition coefficient (Wildman–Crippen LogP) is -0.494. The lowest BCUT2D eigenvalue weighted by atomic mass is 9.89. The highest BCUT2D eigenvalue weighted by molar-refractivity contribution is 5.56. The van der Waals surface area contributed by atoms with Gasteiger partial charge >= 0.3 is 0 Å². The van der Waals surface area contributed by atoms with Crippen LogP contribution in [0.25, 0.3) is 0 Å². The minimum absolute atomic E-state index is 0.202. The van der Waals surface area contributed by atoms with Crippen LogP contribution in [-0.4, -0.2) is 100.0 Å². The summed E-state index contributed by atoms with van der Waals surface area (Å²) < 4.78 is 28.4. The lowest BCUT2D eigenvalue weighted by Gasteiger charge is -2.39. The van der Waals surface area contributed by atoms with E-state index in [2.05, 4.69) is 0 Å². The molecular formula is C26H34O12. The first-order valence-corrected chi connectivity index (χ1v) is 12.2. The second-order valence-corrected chi connectivity index (χ2v) is 9.37. The Bertz CT molecular complexity index is 1110. The monoisotopic (exact) mass is 538 g/mol. The summed E-state index contributed by atoms with van der Waals surface area (Å²) in [6.45, 7) is 0.589. The number of aliphatic hydroxyl groups is 7. The quantitative estimate of drug-likeness (QED) is 0.217. The molecule has 2 aliphatic rings. The molecule has 2 aromatic carbocycles. The molecule has 4 rings (SSSR count). The van der Waals surface area contributed by atoms with Crippen LogP contribution >= 0.6 is 0 Å². The molecule has 0 aromatic heterocycles. The first-order chi connectivity index (χ1) is 18.1. The molecule has 2 aliphatic heterocycles. The maximum Gasteiger partial charge on any atom is 0.229 e. The van der Waals surface area contributed by atoms with Gasteiger partial charge in [-0.25, -0.2) is 0 Å². The molecule has 38 heavy (non-hydrogen) atoms. The van der Waals surface area contributed by atoms with Gasteiger partial charge in [-0.2, -0.15) is 0 Å². The zero-order valence-electron chi connectivity index (χ0n) is 21.2. The van der Waals surface area contributed by atoms with E-state index in [1.807, 2.05) is 0 Å². The zero-order chi connectivity index (χ0) is 27.7. The van der Waals surface area contributed by atoms with Gasteiger partial charge in [0.15, 0.2) is 23.0 Å². The molecule has 12 heteroatoms. The van der Waals surface area contributed by atoms with Gasteiger partial charge in [-0.1, -0.05) is 6.07 Å². The number of hydrogen-bond donors (Lipinski definition) is 7. The van der Waals surface area contributed by atoms with Crippen molar-refractivity contribution in [2.45, 2.75) is 61.9 Å². The smallest absolute Gasteiger partial charge is 0.229 e. The van der Waals surface area contributed by atoms with Gasteiger partial charge in [0.25, 0.3) is 0 Å². The van der Waals surface area contributed by atoms with Crippen LogP contribution in [0, 0.1) is 0 Å². The van der Waals surface area contributed by atoms with Crippen molar-refractivity contribution >= 4 is 0 Å². The predicted molar refractivity (Wildman–Crippen MR) is 130 cm³/mol. The van der Waals surface area contributed by atoms with E-state index in [4.69, 9.17) is 23.7 Å². The maximum absolute atomic E-state index is 10.4. The number of aliphatic hydroxyl groups excluding tert-OH is 7. The van der Waals surface area contributed by atoms with Crippen LogP contribution in [0.4, 0.5) is 0 Å². The van der Waals surface area contributed by atoms with Crippen molar-refractivity contribution in [3.63, 3.8) is 0 Å². The van der Waals surface area contributed by atoms with Crippen molar-refractivity contribution in [2.75, 3.05) is 27.4 Å². The van der Waals surface area contributed by atoms with Gasteiger partial charge in [-0.15, -0.1) is 0 Å². The highest BCUT2D eigenvalue weighted by atomic mass is 16.7. The summed E-state index contributed by atoms with van der Waals surface area (Å²) in [7, 11) is 2.84. The van der Waals surface area contributed by atoms with Crippen molar-refractivity contribution in [3.05, 3.63) is 47.0 Å². The summed E-state index contributed by atoms with van der Waals surface area (Å²) in [4.78, 5) is 0. The van der Waals surface area contributed by atoms with Gasteiger partial charge in [-0.3, -0.25) is 0 Å². The second-order valence-electron chi connectivity index (χ2n) is 9.37. The maximum atomic E-state index is 10.4. The van der Waals surface area contributed by atoms with Gasteiger partial charge in [0, 0.05) is 5.56 Å². The van der Waals surface area contributed by atoms with Gasteiger partial charge in [0.1, 0.15) is 36.6 Å². The molecule has 0 bridgehead atoms. The van der Waals surface area contributed by atoms with E-state index in [1.165, 1.54) is 20.3 Å². The lowest BCUT2D eigenvalue weighted by Crippen LogP contribution is -2.58. The third-order valence-electron chi connectivity index (χ3n) is 6.99. The molecule has 0 radical (unpaired) electrons. The number of fused-ring (bicyclic) bond motifs is 1. The molecule has 9 atom stereocenters. The Morgan fingerprint density at radius 2 is 1.61 bits per heavy atom. The first-order valence-electron chi connectivity index (χ1n) is 12.2. The summed E-state index contributed by atoms with van der Waals surface area (Å²) in [5, 5.41) is 70.1. The summed E-state index contributed by atoms with van der Waals surface area (Å²) in [5.41, 5.74) is 1.45. The highest BCUT2D eigenvalue weighted by Gasteiger charge is 2.44. The van der Waals surface area contributed by atoms with Gasteiger partial charge in [-0.05, 0) is 42.3 Å². The Kier molecular flexibility index (Phi) is 8.65. The molecule has 2 unspecified atom stereocenters. The zero-order valence-corrected chi connectivity index (χ0v) is 21.2. The third kappa shape index (κ3) is 5.14. The van der Waals surface area contributed by atoms with Crippen molar-refractivity contribution in [1.29, 1.82) is 0 Å². The molecule has 0 spiro atoms. The molecule has 0 amide bonds. The number of rotatable bonds is 9. The van der Waals surface area contributed by atoms with Crippen molar-refractivity contribution in [1.82, 2.24) is 0 Å². The fourth-order valence-corrected chi connectivity index (χ4v) is 4.75. The Morgan fingerprint density at radius 1 is 0.895 bits per heavy atom. The molecule has 1 fully saturated rings. The average molecular weight is 539 g/mol. The van der Waals surface area contributed by atoms with Crippen LogP contribution in [0.1, 0.15) is 41.7 Å². The van der Waals surface area contributed by atoms with Crippen molar-refractivity contribution in [3.8, 4) is 23.0 Å². The highest BCUT2D eigenvalue weighted by Crippen LogP contribution is 2.52. The average Bonchev–Trinajstić information content (AvgIpc) is 3.32. The van der Waals surface area contributed by atoms with E-state index >= 15 is 0 Å². The van der Waals surface area contributed by atoms with E-state index in [0.717, 1.165) is 0 Å². The Balaban J connectivity index is 1.62. The molecule has 2 aromatic rings. The van der Waals surface area contributed by atoms with Crippen LogP contribution in [0.3, 0.4) is 0 Å². The van der Waals surface area contributed by atoms with Crippen molar-refractivity contribution < 1.29 is 59.4 Å². The number of hydrogen-bond acceptors (Lipinski definition) is 12. The third-order valence-corrected chi connectivity index (χ3v) is 6.99. The normalized spacial score (nSPS) is 30.2. The minimum atomic E-state index is -1.50. The van der Waals surface area contributed by atoms with Crippen LogP contribution in [0.5, 0.6) is 23.0 Å². The van der Waals surface area contributed by atoms with E-state index in [0.29, 0.717) is 22.4 Å². The van der Waals surface area contributed by atoms with Crippen LogP contribution in [0.2, 0.25) is 0 Å². The van der Waals surface area contributed by atoms with Crippen LogP contribution in [0.15, 0.2) is 30.3 Å². The molecule has 210 valence electrons. The van der Waals surface area contributed by atoms with E-state index in [1.54, 1.807) is 31.2 Å². The fourth-order valence-electron chi connectivity index (χ4n) is 4.75. The van der Waals surface area contributed by atoms with Gasteiger partial charge in [0.05, 0.1) is 39.5 Å². The SMILES string of the molecule is COc1cc([C@H]2Oc3c(OC)cc(C(O)C(O)CO)cc3[C@@H]2CO)ccc1O[C@@H]1O[C@@H](C)[C@H](O)[C@@H](O)[C@H]1O. The fraction of sp³-hybridized carbons (Fsp3) is 0.538. The Hall–Kier alpha value is -2.68. The van der Waals surface area contributed by atoms with Crippen LogP contribution < -0.4 is 18.9 Å². The Labute approximate surface area is 219 Å². The van der Waals surface area contributed by atoms with Gasteiger partial charge in [0.2, 0.25) is 6.29 Å². The van der Waals surface area contributed by atoms with Crippen molar-refractivity contribution in [2.24, 2.45) is 0 Å². The van der Waals surface area contributed by atoms with E-state index in [-0.39, 0.29) is 23.9 Å². The molecule has 2 heterocycles. The molecule has 7 N–H and O–H groups in total. The standard InChI is InChI=1S/C26H34O12/c1-11-20(30)22(32)23(33)26(36-11)37-17-5-4-12(7-18(17)34-2)24-15(9-27)14-6-13(21(31)16(29)10-28)8-19(35-3)25(14)38-24/h4-8,11,15-16,20-24,26-33H,9-10H2,1-3H3/t11-,15-,16?,20-,21?,22+,23+,24+,26-/m0/s1. The molecule has 0 saturated carbocycles. The molecule has 1 saturated heterocycles. The number of benzene rings is 2. The number of methoxy groups -OCH3 is 2. The summed E-state index contributed by atoms with van der Waals surface area (Å²) in [6.07, 6.45) is -9.74. The Morgan fingerprint density at radius 3 is 2.24 bits per heavy atom. The minimum Gasteiger partial charge on any atom is -0.493 e. The summed E-state index contributed by atoms with van der Waals surface area (Å²) in [5.74, 6) is 0.540. The van der Waals surface area contributed by atoms with E-state index < -0.39 is 61.5 Å². The molecule has 12 nitrogen and oxygen atoms in total. The second kappa shape index (κ2) is 11.6. The molecular weight excluding hydrogens is 504 g/mol. The molecule has 0 aliphatic carbocycles. The first kappa shape index (κ1) is 28.3. The van der Waals surface area contributed by atoms with Gasteiger partial charge < -0.3 is 59.4 Å². The topological polar surface area (TPSA) is 188 Å². The van der Waals surface area contributed by atoms with Crippen LogP contribution in [-0.2, 0) is 4.74 Å². The number of ether oxygens (including phenoxy) is 5. The summed E-state index contributed by atoms with van der Waals surface area (Å²) >= 11 is 0. The van der Waals surface area contributed by atoms with E-state index in [9.17, 15) is 35.7 Å². The largest absolute Gasteiger partial charge is 0.493 e. The lowest BCUT2D eigenvalue weighted by molar-refractivity contribution is -0.268.